The van der Waals surface area contributed by atoms with E-state index in [1.54, 1.807) is 0 Å². The molecule has 0 fully saturated rings. The van der Waals surface area contributed by atoms with Crippen LogP contribution in [0.5, 0.6) is 0 Å². The zero-order chi connectivity index (χ0) is 58.3. The van der Waals surface area contributed by atoms with E-state index in [1.807, 2.05) is 0 Å². The summed E-state index contributed by atoms with van der Waals surface area (Å²) in [6.07, 6.45) is 0. The number of para-hydroxylation sites is 7. The lowest BCUT2D eigenvalue weighted by molar-refractivity contribution is 0.669. The summed E-state index contributed by atoms with van der Waals surface area (Å²) < 4.78 is 14.1. The molecule has 0 atom stereocenters. The van der Waals surface area contributed by atoms with Crippen LogP contribution >= 0.6 is 0 Å². The average molecular weight is 1150 g/mol. The lowest BCUT2D eigenvalue weighted by Gasteiger charge is -2.45. The summed E-state index contributed by atoms with van der Waals surface area (Å²) in [5.74, 6) is 0. The Balaban J connectivity index is 1.04. The first-order valence-electron chi connectivity index (χ1n) is 30.4. The molecule has 416 valence electrons. The summed E-state index contributed by atoms with van der Waals surface area (Å²) in [6.45, 7) is 12.1. The normalized spacial score (nSPS) is 13.3. The Morgan fingerprint density at radius 1 is 0.356 bits per heavy atom. The standard InChI is InChI=1S/C80H61N3O2Si2/c1-86(2)54-45-41-52(42-46-54)82(70-37-21-31-62-58-27-13-19-39-74(58)84-78(62)70)72-49-66-76(60-29-11-9-25-56(60)72)77-61-30-12-10-26-57(61)73(50-67(77)80(66)64-33-15-17-35-68(64)81(51-23-7-6-8-24-51)69-36-18-16-34-65(69)80)83(53-43-47-55(48-44-53)87(3,4)5)71-38-22-32-63-59-28-14-20-40-75(59)85-79(63)71/h6-50,86H,1-5H3. The lowest BCUT2D eigenvalue weighted by Crippen LogP contribution is -2.37. The van der Waals surface area contributed by atoms with Crippen LogP contribution in [0.1, 0.15) is 22.3 Å². The number of rotatable bonds is 9. The molecule has 0 saturated carbocycles. The predicted molar refractivity (Wildman–Crippen MR) is 372 cm³/mol. The molecule has 15 aromatic rings. The van der Waals surface area contributed by atoms with Crippen molar-refractivity contribution in [3.8, 4) is 11.1 Å². The fourth-order valence-corrected chi connectivity index (χ4v) is 16.9. The topological polar surface area (TPSA) is 36.0 Å². The van der Waals surface area contributed by atoms with Gasteiger partial charge in [-0.1, -0.05) is 231 Å². The molecule has 0 saturated heterocycles. The monoisotopic (exact) mass is 1150 g/mol. The Morgan fingerprint density at radius 2 is 0.759 bits per heavy atom. The van der Waals surface area contributed by atoms with Crippen molar-refractivity contribution in [1.29, 1.82) is 0 Å². The van der Waals surface area contributed by atoms with E-state index in [-0.39, 0.29) is 0 Å². The molecule has 1 aliphatic carbocycles. The highest BCUT2D eigenvalue weighted by Gasteiger charge is 2.54. The van der Waals surface area contributed by atoms with Crippen LogP contribution in [0.3, 0.4) is 0 Å². The molecule has 87 heavy (non-hydrogen) atoms. The molecular weight excluding hydrogens is 1090 g/mol. The highest BCUT2D eigenvalue weighted by atomic mass is 28.3. The molecule has 0 radical (unpaired) electrons. The van der Waals surface area contributed by atoms with E-state index >= 15 is 0 Å². The SMILES string of the molecule is C[SiH](C)c1ccc(N(c2cc3c(c4ccccc24)-c2c(cc(N(c4ccc([Si](C)(C)C)cc4)c4cccc5c4oc4ccccc45)c4ccccc24)C32c3ccccc3N(c3ccccc3)c3ccccc32)c2cccc3c2oc2ccccc23)cc1. The third kappa shape index (κ3) is 7.56. The van der Waals surface area contributed by atoms with Crippen molar-refractivity contribution in [2.45, 2.75) is 38.2 Å². The first kappa shape index (κ1) is 51.3. The van der Waals surface area contributed by atoms with Crippen molar-refractivity contribution in [3.63, 3.8) is 0 Å². The van der Waals surface area contributed by atoms with Gasteiger partial charge in [-0.25, -0.2) is 0 Å². The van der Waals surface area contributed by atoms with Crippen molar-refractivity contribution in [2.75, 3.05) is 14.7 Å². The number of benzene rings is 13. The molecule has 0 N–H and O–H groups in total. The molecule has 1 spiro atoms. The van der Waals surface area contributed by atoms with Gasteiger partial charge in [-0.15, -0.1) is 0 Å². The van der Waals surface area contributed by atoms with Crippen LogP contribution in [0, 0.1) is 0 Å². The van der Waals surface area contributed by atoms with Crippen molar-refractivity contribution < 1.29 is 8.83 Å². The number of nitrogens with zero attached hydrogens (tertiary/aromatic N) is 3. The third-order valence-corrected chi connectivity index (χ3v) is 22.5. The summed E-state index contributed by atoms with van der Waals surface area (Å²) in [5, 5.41) is 11.8. The molecule has 7 heteroatoms. The first-order valence-corrected chi connectivity index (χ1v) is 36.8. The maximum atomic E-state index is 7.07. The van der Waals surface area contributed by atoms with E-state index in [9.17, 15) is 0 Å². The fourth-order valence-electron chi connectivity index (χ4n) is 14.8. The number of furan rings is 2. The Hall–Kier alpha value is -10.2. The molecule has 0 bridgehead atoms. The summed E-state index contributed by atoms with van der Waals surface area (Å²) in [5.41, 5.74) is 19.5. The molecule has 1 aliphatic heterocycles. The minimum atomic E-state index is -1.69. The van der Waals surface area contributed by atoms with E-state index in [0.29, 0.717) is 0 Å². The van der Waals surface area contributed by atoms with Crippen LogP contribution in [-0.2, 0) is 5.41 Å². The maximum absolute atomic E-state index is 7.07. The summed E-state index contributed by atoms with van der Waals surface area (Å²) in [4.78, 5) is 7.48. The molecule has 3 heterocycles. The van der Waals surface area contributed by atoms with E-state index < -0.39 is 22.3 Å². The average Bonchev–Trinajstić information content (AvgIpc) is 1.55. The van der Waals surface area contributed by atoms with E-state index in [1.165, 1.54) is 54.5 Å². The molecule has 0 unspecified atom stereocenters. The molecule has 2 aliphatic rings. The van der Waals surface area contributed by atoms with Crippen LogP contribution in [0.4, 0.5) is 51.2 Å². The second-order valence-corrected chi connectivity index (χ2v) is 33.0. The van der Waals surface area contributed by atoms with Crippen LogP contribution in [0.2, 0.25) is 32.7 Å². The molecular formula is C80H61N3O2Si2. The zero-order valence-corrected chi connectivity index (χ0v) is 51.4. The van der Waals surface area contributed by atoms with Gasteiger partial charge >= 0.3 is 0 Å². The van der Waals surface area contributed by atoms with E-state index in [2.05, 4.69) is 320 Å². The minimum absolute atomic E-state index is 0.849. The summed E-state index contributed by atoms with van der Waals surface area (Å²) >= 11 is 0. The lowest BCUT2D eigenvalue weighted by atomic mass is 9.64. The second-order valence-electron chi connectivity index (χ2n) is 24.9. The number of hydrogen-bond donors (Lipinski definition) is 0. The number of anilines is 9. The van der Waals surface area contributed by atoms with E-state index in [4.69, 9.17) is 8.83 Å². The summed E-state index contributed by atoms with van der Waals surface area (Å²) in [6, 6.07) is 102. The van der Waals surface area contributed by atoms with Gasteiger partial charge < -0.3 is 23.5 Å². The van der Waals surface area contributed by atoms with Gasteiger partial charge in [0.2, 0.25) is 0 Å². The molecule has 5 nitrogen and oxygen atoms in total. The van der Waals surface area contributed by atoms with Crippen LogP contribution in [-0.4, -0.2) is 16.9 Å². The summed E-state index contributed by atoms with van der Waals surface area (Å²) in [7, 11) is -2.83. The Bertz CT molecular complexity index is 5220. The second kappa shape index (κ2) is 19.4. The van der Waals surface area contributed by atoms with Crippen molar-refractivity contribution >= 4 is 144 Å². The van der Waals surface area contributed by atoms with Gasteiger partial charge in [-0.2, -0.15) is 0 Å². The molecule has 2 aromatic heterocycles. The first-order chi connectivity index (χ1) is 42.6. The minimum Gasteiger partial charge on any atom is -0.454 e. The molecule has 0 amide bonds. The van der Waals surface area contributed by atoms with Crippen LogP contribution in [0.25, 0.3) is 76.5 Å². The number of hydrogen-bond acceptors (Lipinski definition) is 5. The van der Waals surface area contributed by atoms with E-state index in [0.717, 1.165) is 106 Å². The van der Waals surface area contributed by atoms with Gasteiger partial charge in [0.15, 0.2) is 11.2 Å². The largest absolute Gasteiger partial charge is 0.454 e. The Morgan fingerprint density at radius 3 is 1.23 bits per heavy atom. The van der Waals surface area contributed by atoms with Crippen LogP contribution < -0.4 is 25.1 Å². The van der Waals surface area contributed by atoms with Gasteiger partial charge in [0, 0.05) is 49.4 Å². The van der Waals surface area contributed by atoms with Gasteiger partial charge in [0.05, 0.1) is 56.4 Å². The Kier molecular flexibility index (Phi) is 11.4. The molecule has 17 rings (SSSR count). The highest BCUT2D eigenvalue weighted by molar-refractivity contribution is 6.88. The van der Waals surface area contributed by atoms with Gasteiger partial charge in [0.25, 0.3) is 0 Å². The van der Waals surface area contributed by atoms with Gasteiger partial charge in [0.1, 0.15) is 11.2 Å². The number of fused-ring (bicyclic) bond motifs is 19. The van der Waals surface area contributed by atoms with Crippen LogP contribution in [0.15, 0.2) is 282 Å². The Labute approximate surface area is 508 Å². The van der Waals surface area contributed by atoms with Crippen molar-refractivity contribution in [3.05, 3.63) is 295 Å². The quantitative estimate of drug-likeness (QED) is 0.135. The van der Waals surface area contributed by atoms with Gasteiger partial charge in [-0.3, -0.25) is 0 Å². The highest BCUT2D eigenvalue weighted by Crippen LogP contribution is 2.67. The zero-order valence-electron chi connectivity index (χ0n) is 49.2. The fraction of sp³-hybridized carbons (Fsp3) is 0.0750. The maximum Gasteiger partial charge on any atom is 0.159 e. The molecule has 13 aromatic carbocycles. The van der Waals surface area contributed by atoms with Gasteiger partial charge in [-0.05, 0) is 129 Å². The predicted octanol–water partition coefficient (Wildman–Crippen LogP) is 21.1. The van der Waals surface area contributed by atoms with Crippen molar-refractivity contribution in [1.82, 2.24) is 0 Å². The smallest absolute Gasteiger partial charge is 0.159 e. The third-order valence-electron chi connectivity index (χ3n) is 18.8. The van der Waals surface area contributed by atoms with Crippen molar-refractivity contribution in [2.24, 2.45) is 0 Å².